The van der Waals surface area contributed by atoms with E-state index in [9.17, 15) is 0 Å². The molecule has 0 N–H and O–H groups in total. The van der Waals surface area contributed by atoms with Gasteiger partial charge in [-0.3, -0.25) is 0 Å². The van der Waals surface area contributed by atoms with Crippen LogP contribution in [0.4, 0.5) is 0 Å². The highest BCUT2D eigenvalue weighted by molar-refractivity contribution is 8.03. The van der Waals surface area contributed by atoms with Gasteiger partial charge in [-0.15, -0.1) is 23.1 Å². The van der Waals surface area contributed by atoms with E-state index >= 15 is 0 Å². The number of unbranched alkanes of at least 4 members (excludes halogenated alkanes) is 2. The molecule has 2 rings (SSSR count). The molecule has 3 atom stereocenters. The van der Waals surface area contributed by atoms with E-state index in [4.69, 9.17) is 9.47 Å². The third-order valence-corrected chi connectivity index (χ3v) is 13.3. The van der Waals surface area contributed by atoms with Gasteiger partial charge in [0.25, 0.3) is 0 Å². The average Bonchev–Trinajstić information content (AvgIpc) is 3.58. The molecule has 39 heavy (non-hydrogen) atoms. The second kappa shape index (κ2) is 15.6. The van der Waals surface area contributed by atoms with E-state index < -0.39 is 0 Å². The van der Waals surface area contributed by atoms with Gasteiger partial charge in [-0.1, -0.05) is 121 Å². The number of thiophene rings is 1. The number of thioether (sulfide) groups is 1. The van der Waals surface area contributed by atoms with Gasteiger partial charge in [0.05, 0.1) is 23.0 Å². The van der Waals surface area contributed by atoms with E-state index in [0.29, 0.717) is 17.1 Å². The minimum absolute atomic E-state index is 0.0394. The lowest BCUT2D eigenvalue weighted by molar-refractivity contribution is 0.173. The summed E-state index contributed by atoms with van der Waals surface area (Å²) in [7, 11) is 0. The van der Waals surface area contributed by atoms with Crippen molar-refractivity contribution in [2.45, 2.75) is 156 Å². The molecule has 0 radical (unpaired) electrons. The predicted octanol–water partition coefficient (Wildman–Crippen LogP) is 11.9. The molecular formula is C35H62O2S2. The van der Waals surface area contributed by atoms with Crippen LogP contribution in [-0.4, -0.2) is 18.5 Å². The molecule has 0 aliphatic carbocycles. The van der Waals surface area contributed by atoms with Crippen molar-refractivity contribution in [1.82, 2.24) is 0 Å². The Morgan fingerprint density at radius 2 is 1.31 bits per heavy atom. The van der Waals surface area contributed by atoms with Crippen LogP contribution in [0, 0.1) is 17.3 Å². The van der Waals surface area contributed by atoms with E-state index in [1.807, 2.05) is 23.1 Å². The van der Waals surface area contributed by atoms with Gasteiger partial charge < -0.3 is 9.47 Å². The van der Waals surface area contributed by atoms with E-state index in [2.05, 4.69) is 87.6 Å². The van der Waals surface area contributed by atoms with Gasteiger partial charge >= 0.3 is 0 Å². The van der Waals surface area contributed by atoms with E-state index in [1.54, 1.807) is 0 Å². The summed E-state index contributed by atoms with van der Waals surface area (Å²) < 4.78 is 13.9. The number of rotatable bonds is 19. The fourth-order valence-corrected chi connectivity index (χ4v) is 8.32. The molecule has 1 aliphatic heterocycles. The molecule has 4 heteroatoms. The second-order valence-electron chi connectivity index (χ2n) is 13.7. The minimum Gasteiger partial charge on any atom is -0.488 e. The standard InChI is InChI=1S/C35H62O2S2/c1-12-17-20-26(14-3)24-36-29-30(37-25-27(15-4)21-18-13-2)32(39-31(29)33(6,7)16-5)35(10,11)34(8,9)28-22-19-23-38-28/h19,23,26-28H,12-18,20-22,24-25H2,1-11H3. The van der Waals surface area contributed by atoms with Gasteiger partial charge in [0.1, 0.15) is 0 Å². The predicted molar refractivity (Wildman–Crippen MR) is 177 cm³/mol. The maximum Gasteiger partial charge on any atom is 0.175 e. The monoisotopic (exact) mass is 578 g/mol. The van der Waals surface area contributed by atoms with Gasteiger partial charge in [0, 0.05) is 16.1 Å². The van der Waals surface area contributed by atoms with Crippen LogP contribution in [0.3, 0.4) is 0 Å². The Hall–Kier alpha value is -0.610. The van der Waals surface area contributed by atoms with Crippen molar-refractivity contribution in [2.24, 2.45) is 17.3 Å². The Balaban J connectivity index is 2.62. The summed E-state index contributed by atoms with van der Waals surface area (Å²) in [6, 6.07) is 0. The quantitative estimate of drug-likeness (QED) is 0.163. The van der Waals surface area contributed by atoms with Crippen LogP contribution in [0.5, 0.6) is 11.5 Å². The van der Waals surface area contributed by atoms with Crippen LogP contribution >= 0.6 is 23.1 Å². The average molecular weight is 579 g/mol. The first kappa shape index (κ1) is 34.6. The van der Waals surface area contributed by atoms with Crippen molar-refractivity contribution in [2.75, 3.05) is 13.2 Å². The maximum absolute atomic E-state index is 6.99. The van der Waals surface area contributed by atoms with Crippen molar-refractivity contribution in [3.8, 4) is 11.5 Å². The molecule has 0 saturated heterocycles. The van der Waals surface area contributed by atoms with Crippen LogP contribution < -0.4 is 9.47 Å². The molecule has 0 aromatic carbocycles. The van der Waals surface area contributed by atoms with E-state index in [0.717, 1.165) is 44.0 Å². The molecule has 2 nitrogen and oxygen atoms in total. The molecule has 0 saturated carbocycles. The largest absolute Gasteiger partial charge is 0.488 e. The zero-order valence-corrected chi connectivity index (χ0v) is 29.1. The van der Waals surface area contributed by atoms with Crippen molar-refractivity contribution >= 4 is 23.1 Å². The van der Waals surface area contributed by atoms with Crippen LogP contribution in [0.2, 0.25) is 0 Å². The summed E-state index contributed by atoms with van der Waals surface area (Å²) in [5.74, 6) is 3.30. The van der Waals surface area contributed by atoms with Crippen LogP contribution in [0.25, 0.3) is 0 Å². The number of hydrogen-bond donors (Lipinski definition) is 0. The van der Waals surface area contributed by atoms with Gasteiger partial charge in [-0.2, -0.15) is 0 Å². The molecule has 2 heterocycles. The first-order chi connectivity index (χ1) is 18.4. The topological polar surface area (TPSA) is 18.5 Å². The summed E-state index contributed by atoms with van der Waals surface area (Å²) in [6.45, 7) is 27.7. The van der Waals surface area contributed by atoms with Gasteiger partial charge in [0.15, 0.2) is 11.5 Å². The zero-order valence-electron chi connectivity index (χ0n) is 27.5. The Bertz CT molecular complexity index is 871. The number of hydrogen-bond acceptors (Lipinski definition) is 4. The zero-order chi connectivity index (χ0) is 29.3. The first-order valence-corrected chi connectivity index (χ1v) is 17.9. The third-order valence-electron chi connectivity index (χ3n) is 10.0. The Morgan fingerprint density at radius 3 is 1.72 bits per heavy atom. The summed E-state index contributed by atoms with van der Waals surface area (Å²) in [5, 5.41) is 2.87. The van der Waals surface area contributed by atoms with Gasteiger partial charge in [-0.05, 0) is 48.3 Å². The fourth-order valence-electron chi connectivity index (χ4n) is 5.42. The first-order valence-electron chi connectivity index (χ1n) is 16.1. The lowest BCUT2D eigenvalue weighted by Crippen LogP contribution is -2.43. The lowest BCUT2D eigenvalue weighted by atomic mass is 9.64. The summed E-state index contributed by atoms with van der Waals surface area (Å²) in [4.78, 5) is 2.77. The van der Waals surface area contributed by atoms with E-state index in [1.165, 1.54) is 54.7 Å². The van der Waals surface area contributed by atoms with Crippen LogP contribution in [-0.2, 0) is 10.8 Å². The van der Waals surface area contributed by atoms with Crippen LogP contribution in [0.1, 0.15) is 150 Å². The molecule has 0 amide bonds. The van der Waals surface area contributed by atoms with Crippen molar-refractivity contribution in [3.05, 3.63) is 21.2 Å². The Kier molecular flexibility index (Phi) is 13.8. The molecule has 1 aromatic rings. The summed E-state index contributed by atoms with van der Waals surface area (Å²) in [6.07, 6.45) is 14.4. The highest BCUT2D eigenvalue weighted by atomic mass is 32.2. The highest BCUT2D eigenvalue weighted by Gasteiger charge is 2.48. The third kappa shape index (κ3) is 8.46. The van der Waals surface area contributed by atoms with Crippen molar-refractivity contribution in [3.63, 3.8) is 0 Å². The molecular weight excluding hydrogens is 517 g/mol. The lowest BCUT2D eigenvalue weighted by Gasteiger charge is -2.45. The number of ether oxygens (including phenoxy) is 2. The van der Waals surface area contributed by atoms with E-state index in [-0.39, 0.29) is 16.2 Å². The van der Waals surface area contributed by atoms with Gasteiger partial charge in [0.2, 0.25) is 0 Å². The van der Waals surface area contributed by atoms with Crippen LogP contribution in [0.15, 0.2) is 11.5 Å². The fraction of sp³-hybridized carbons (Fsp3) is 0.829. The molecule has 0 fully saturated rings. The second-order valence-corrected chi connectivity index (χ2v) is 15.8. The maximum atomic E-state index is 6.99. The summed E-state index contributed by atoms with van der Waals surface area (Å²) >= 11 is 3.99. The normalized spacial score (nSPS) is 18.0. The van der Waals surface area contributed by atoms with Crippen molar-refractivity contribution < 1.29 is 9.47 Å². The Labute approximate surface area is 251 Å². The van der Waals surface area contributed by atoms with Crippen molar-refractivity contribution in [1.29, 1.82) is 0 Å². The van der Waals surface area contributed by atoms with Gasteiger partial charge in [-0.25, -0.2) is 0 Å². The molecule has 226 valence electrons. The molecule has 1 aliphatic rings. The SMILES string of the molecule is CCCCC(CC)COc1c(C(C)(C)CC)sc(C(C)(C)C(C)(C)C2CC=CS2)c1OCC(CC)CCCC. The molecule has 1 aromatic heterocycles. The smallest absolute Gasteiger partial charge is 0.175 e. The highest BCUT2D eigenvalue weighted by Crippen LogP contribution is 2.59. The summed E-state index contributed by atoms with van der Waals surface area (Å²) in [5.41, 5.74) is 0.0700. The molecule has 3 unspecified atom stereocenters. The minimum atomic E-state index is -0.0611. The molecule has 0 bridgehead atoms. The molecule has 0 spiro atoms. The number of allylic oxidation sites excluding steroid dienone is 1. The Morgan fingerprint density at radius 1 is 0.795 bits per heavy atom.